The van der Waals surface area contributed by atoms with Crippen molar-refractivity contribution in [2.24, 2.45) is 11.8 Å². The first-order chi connectivity index (χ1) is 19.7. The largest absolute Gasteiger partial charge is 0.378 e. The highest BCUT2D eigenvalue weighted by atomic mass is 19.1. The van der Waals surface area contributed by atoms with Crippen molar-refractivity contribution in [3.05, 3.63) is 65.5 Å². The zero-order valence-electron chi connectivity index (χ0n) is 23.5. The molecule has 3 N–H and O–H groups in total. The van der Waals surface area contributed by atoms with Gasteiger partial charge in [-0.3, -0.25) is 14.4 Å². The second-order valence-electron chi connectivity index (χ2n) is 10.6. The number of halogens is 1. The van der Waals surface area contributed by atoms with Crippen molar-refractivity contribution in [3.8, 4) is 0 Å². The molecule has 2 saturated heterocycles. The van der Waals surface area contributed by atoms with Crippen molar-refractivity contribution in [3.63, 3.8) is 0 Å². The Balaban J connectivity index is 1.46. The summed E-state index contributed by atoms with van der Waals surface area (Å²) in [5.41, 5.74) is 1.76. The smallest absolute Gasteiger partial charge is 0.319 e. The molecule has 0 spiro atoms. The molecule has 41 heavy (non-hydrogen) atoms. The van der Waals surface area contributed by atoms with Gasteiger partial charge in [0.1, 0.15) is 11.9 Å². The minimum Gasteiger partial charge on any atom is -0.378 e. The lowest BCUT2D eigenvalue weighted by atomic mass is 9.90. The van der Waals surface area contributed by atoms with Gasteiger partial charge >= 0.3 is 6.03 Å². The highest BCUT2D eigenvalue weighted by Crippen LogP contribution is 2.24. The fourth-order valence-corrected chi connectivity index (χ4v) is 5.39. The number of nitrogens with one attached hydrogen (secondary N) is 3. The molecule has 2 aliphatic heterocycles. The van der Waals surface area contributed by atoms with Gasteiger partial charge in [0.05, 0.1) is 19.1 Å². The van der Waals surface area contributed by atoms with E-state index in [9.17, 15) is 23.6 Å². The third-order valence-corrected chi connectivity index (χ3v) is 7.64. The minimum atomic E-state index is -1.10. The minimum absolute atomic E-state index is 0.206. The molecule has 2 heterocycles. The number of hydrogen-bond donors (Lipinski definition) is 3. The quantitative estimate of drug-likeness (QED) is 0.453. The number of morpholine rings is 1. The third kappa shape index (κ3) is 8.03. The van der Waals surface area contributed by atoms with Gasteiger partial charge < -0.3 is 30.5 Å². The van der Waals surface area contributed by atoms with Crippen LogP contribution < -0.4 is 16.0 Å². The van der Waals surface area contributed by atoms with Crippen LogP contribution in [0.1, 0.15) is 35.7 Å². The molecule has 0 bridgehead atoms. The van der Waals surface area contributed by atoms with Gasteiger partial charge in [-0.25, -0.2) is 9.18 Å². The fourth-order valence-electron chi connectivity index (χ4n) is 5.39. The Morgan fingerprint density at radius 3 is 2.44 bits per heavy atom. The van der Waals surface area contributed by atoms with Crippen LogP contribution in [0.25, 0.3) is 0 Å². The molecule has 10 nitrogen and oxygen atoms in total. The summed E-state index contributed by atoms with van der Waals surface area (Å²) < 4.78 is 18.7. The summed E-state index contributed by atoms with van der Waals surface area (Å²) in [4.78, 5) is 55.8. The Morgan fingerprint density at radius 1 is 1.00 bits per heavy atom. The Labute approximate surface area is 239 Å². The number of carbonyl (C=O) groups excluding carboxylic acids is 4. The zero-order valence-corrected chi connectivity index (χ0v) is 23.5. The van der Waals surface area contributed by atoms with E-state index >= 15 is 0 Å². The number of urea groups is 1. The predicted octanol–water partition coefficient (Wildman–Crippen LogP) is 2.65. The molecule has 4 rings (SSSR count). The lowest BCUT2D eigenvalue weighted by Gasteiger charge is -2.37. The van der Waals surface area contributed by atoms with Crippen LogP contribution in [0.3, 0.4) is 0 Å². The van der Waals surface area contributed by atoms with Crippen LogP contribution in [0.2, 0.25) is 0 Å². The lowest BCUT2D eigenvalue weighted by Crippen LogP contribution is -2.58. The van der Waals surface area contributed by atoms with Crippen molar-refractivity contribution in [2.45, 2.75) is 32.2 Å². The van der Waals surface area contributed by atoms with Gasteiger partial charge in [-0.2, -0.15) is 0 Å². The maximum absolute atomic E-state index is 13.7. The summed E-state index contributed by atoms with van der Waals surface area (Å²) in [6.07, 6.45) is 2.49. The molecule has 11 heteroatoms. The number of rotatable bonds is 8. The topological polar surface area (TPSA) is 120 Å². The molecule has 3 atom stereocenters. The van der Waals surface area contributed by atoms with E-state index in [1.807, 2.05) is 0 Å². The second kappa shape index (κ2) is 14.1. The van der Waals surface area contributed by atoms with E-state index in [0.717, 1.165) is 24.8 Å². The Kier molecular flexibility index (Phi) is 10.3. The Hall–Kier alpha value is -3.99. The molecule has 0 aliphatic carbocycles. The Morgan fingerprint density at radius 2 is 1.73 bits per heavy atom. The van der Waals surface area contributed by atoms with Gasteiger partial charge in [0, 0.05) is 44.5 Å². The van der Waals surface area contributed by atoms with Gasteiger partial charge in [-0.15, -0.1) is 0 Å². The summed E-state index contributed by atoms with van der Waals surface area (Å²) in [6, 6.07) is 11.1. The molecular formula is C30H38FN5O5. The SMILES string of the molecule is CNC(=O)c1cccc(NC(=O)N[C@H](C(=O)N2CCOCC2)[C@@H](C)C(=O)N2CCC[C@@H](Cc3ccc(F)cc3)C2)c1. The summed E-state index contributed by atoms with van der Waals surface area (Å²) in [5.74, 6) is -1.74. The predicted molar refractivity (Wildman–Crippen MR) is 152 cm³/mol. The van der Waals surface area contributed by atoms with Crippen LogP contribution >= 0.6 is 0 Å². The first kappa shape index (κ1) is 30.0. The summed E-state index contributed by atoms with van der Waals surface area (Å²) >= 11 is 0. The summed E-state index contributed by atoms with van der Waals surface area (Å²) in [5, 5.41) is 7.96. The van der Waals surface area contributed by atoms with Crippen molar-refractivity contribution in [1.82, 2.24) is 20.4 Å². The average molecular weight is 568 g/mol. The number of anilines is 1. The normalized spacial score (nSPS) is 18.7. The van der Waals surface area contributed by atoms with Gasteiger partial charge in [-0.05, 0) is 61.1 Å². The van der Waals surface area contributed by atoms with Crippen molar-refractivity contribution < 1.29 is 28.3 Å². The van der Waals surface area contributed by atoms with Crippen LogP contribution in [0.5, 0.6) is 0 Å². The van der Waals surface area contributed by atoms with E-state index in [0.29, 0.717) is 50.6 Å². The monoisotopic (exact) mass is 567 g/mol. The van der Waals surface area contributed by atoms with Crippen molar-refractivity contribution >= 4 is 29.4 Å². The van der Waals surface area contributed by atoms with Gasteiger partial charge in [0.15, 0.2) is 0 Å². The molecule has 5 amide bonds. The number of nitrogens with zero attached hydrogens (tertiary/aromatic N) is 2. The number of piperidine rings is 1. The Bertz CT molecular complexity index is 1230. The number of ether oxygens (including phenoxy) is 1. The van der Waals surface area contributed by atoms with Crippen LogP contribution in [-0.2, 0) is 20.7 Å². The van der Waals surface area contributed by atoms with E-state index in [-0.39, 0.29) is 29.5 Å². The second-order valence-corrected chi connectivity index (χ2v) is 10.6. The first-order valence-corrected chi connectivity index (χ1v) is 14.0. The average Bonchev–Trinajstić information content (AvgIpc) is 3.00. The zero-order chi connectivity index (χ0) is 29.4. The molecule has 2 fully saturated rings. The van der Waals surface area contributed by atoms with Crippen molar-refractivity contribution in [1.29, 1.82) is 0 Å². The molecule has 2 aromatic carbocycles. The maximum Gasteiger partial charge on any atom is 0.319 e. The molecule has 220 valence electrons. The maximum atomic E-state index is 13.7. The van der Waals surface area contributed by atoms with Crippen LogP contribution in [0.4, 0.5) is 14.9 Å². The molecule has 0 saturated carbocycles. The number of hydrogen-bond acceptors (Lipinski definition) is 5. The van der Waals surface area contributed by atoms with Gasteiger partial charge in [0.25, 0.3) is 5.91 Å². The molecule has 0 unspecified atom stereocenters. The molecule has 2 aromatic rings. The van der Waals surface area contributed by atoms with E-state index in [1.54, 1.807) is 47.1 Å². The van der Waals surface area contributed by atoms with E-state index < -0.39 is 18.0 Å². The summed E-state index contributed by atoms with van der Waals surface area (Å²) in [6.45, 7) is 4.28. The first-order valence-electron chi connectivity index (χ1n) is 14.0. The van der Waals surface area contributed by atoms with Crippen LogP contribution in [0.15, 0.2) is 48.5 Å². The summed E-state index contributed by atoms with van der Waals surface area (Å²) in [7, 11) is 1.52. The number of benzene rings is 2. The lowest BCUT2D eigenvalue weighted by molar-refractivity contribution is -0.146. The van der Waals surface area contributed by atoms with Crippen LogP contribution in [-0.4, -0.2) is 86.0 Å². The van der Waals surface area contributed by atoms with Crippen molar-refractivity contribution in [2.75, 3.05) is 51.8 Å². The number of carbonyl (C=O) groups is 4. The standard InChI is InChI=1S/C30H38FN5O5/c1-20(28(38)36-12-4-5-22(19-36)17-21-8-10-24(31)11-9-21)26(29(39)35-13-15-41-16-14-35)34-30(40)33-25-7-3-6-23(18-25)27(37)32-2/h3,6-11,18,20,22,26H,4-5,12-17,19H2,1-2H3,(H,32,37)(H2,33,34,40)/t20-,22+,26+/m1/s1. The van der Waals surface area contributed by atoms with Crippen LogP contribution in [0, 0.1) is 17.7 Å². The molecule has 0 aromatic heterocycles. The highest BCUT2D eigenvalue weighted by molar-refractivity contribution is 5.98. The third-order valence-electron chi connectivity index (χ3n) is 7.64. The fraction of sp³-hybridized carbons (Fsp3) is 0.467. The highest BCUT2D eigenvalue weighted by Gasteiger charge is 2.38. The number of amides is 5. The van der Waals surface area contributed by atoms with E-state index in [4.69, 9.17) is 4.74 Å². The molecule has 2 aliphatic rings. The molecular weight excluding hydrogens is 529 g/mol. The van der Waals surface area contributed by atoms with Gasteiger partial charge in [-0.1, -0.05) is 25.1 Å². The van der Waals surface area contributed by atoms with Gasteiger partial charge in [0.2, 0.25) is 11.8 Å². The number of likely N-dealkylation sites (tertiary alicyclic amines) is 1. The molecule has 0 radical (unpaired) electrons. The van der Waals surface area contributed by atoms with E-state index in [2.05, 4.69) is 16.0 Å². The van der Waals surface area contributed by atoms with E-state index in [1.165, 1.54) is 25.2 Å².